The number of nitrogens with one attached hydrogen (secondary N) is 2. The molecule has 0 saturated heterocycles. The molecule has 0 fully saturated rings. The third-order valence-electron chi connectivity index (χ3n) is 3.62. The average Bonchev–Trinajstić information content (AvgIpc) is 2.86. The number of ether oxygens (including phenoxy) is 2. The van der Waals surface area contributed by atoms with Crippen LogP contribution in [0.25, 0.3) is 0 Å². The summed E-state index contributed by atoms with van der Waals surface area (Å²) in [4.78, 5) is 4.63. The van der Waals surface area contributed by atoms with Gasteiger partial charge in [0, 0.05) is 24.7 Å². The van der Waals surface area contributed by atoms with Gasteiger partial charge in [-0.1, -0.05) is 30.3 Å². The fourth-order valence-corrected chi connectivity index (χ4v) is 2.44. The molecule has 0 saturated carbocycles. The molecule has 5 heteroatoms. The Bertz CT molecular complexity index is 686. The van der Waals surface area contributed by atoms with Crippen molar-refractivity contribution in [1.82, 2.24) is 5.32 Å². The van der Waals surface area contributed by atoms with Crippen LogP contribution in [0.2, 0.25) is 0 Å². The summed E-state index contributed by atoms with van der Waals surface area (Å²) >= 11 is 0. The van der Waals surface area contributed by atoms with Gasteiger partial charge in [-0.3, -0.25) is 0 Å². The Morgan fingerprint density at radius 3 is 2.62 bits per heavy atom. The summed E-state index contributed by atoms with van der Waals surface area (Å²) in [6.45, 7) is 4.85. The van der Waals surface area contributed by atoms with Crippen LogP contribution in [0.1, 0.15) is 18.9 Å². The quantitative estimate of drug-likeness (QED) is 0.668. The Morgan fingerprint density at radius 2 is 1.83 bits per heavy atom. The van der Waals surface area contributed by atoms with Gasteiger partial charge in [-0.25, -0.2) is 4.99 Å². The van der Waals surface area contributed by atoms with Crippen LogP contribution in [0.4, 0.5) is 5.69 Å². The van der Waals surface area contributed by atoms with Gasteiger partial charge in [-0.2, -0.15) is 0 Å². The molecule has 1 aliphatic rings. The number of hydrogen-bond acceptors (Lipinski definition) is 3. The molecule has 0 radical (unpaired) electrons. The van der Waals surface area contributed by atoms with Crippen LogP contribution in [0.3, 0.4) is 0 Å². The molecule has 2 aromatic rings. The fraction of sp³-hybridized carbons (Fsp3) is 0.316. The van der Waals surface area contributed by atoms with Gasteiger partial charge in [-0.15, -0.1) is 0 Å². The van der Waals surface area contributed by atoms with Crippen LogP contribution in [0.15, 0.2) is 53.5 Å². The second kappa shape index (κ2) is 8.24. The first-order valence-corrected chi connectivity index (χ1v) is 8.34. The molecule has 2 aromatic carbocycles. The van der Waals surface area contributed by atoms with E-state index in [1.807, 2.05) is 43.3 Å². The van der Waals surface area contributed by atoms with E-state index in [9.17, 15) is 0 Å². The van der Waals surface area contributed by atoms with Gasteiger partial charge in [0.15, 0.2) is 17.5 Å². The van der Waals surface area contributed by atoms with Gasteiger partial charge >= 0.3 is 0 Å². The maximum atomic E-state index is 5.73. The second-order valence-corrected chi connectivity index (χ2v) is 5.52. The predicted molar refractivity (Wildman–Crippen MR) is 96.9 cm³/mol. The van der Waals surface area contributed by atoms with E-state index in [2.05, 4.69) is 27.8 Å². The monoisotopic (exact) mass is 325 g/mol. The largest absolute Gasteiger partial charge is 0.490 e. The lowest BCUT2D eigenvalue weighted by Gasteiger charge is -2.13. The van der Waals surface area contributed by atoms with Gasteiger partial charge in [0.1, 0.15) is 0 Å². The first kappa shape index (κ1) is 16.2. The molecule has 0 aliphatic carbocycles. The van der Waals surface area contributed by atoms with Crippen molar-refractivity contribution >= 4 is 11.6 Å². The highest BCUT2D eigenvalue weighted by Crippen LogP contribution is 2.32. The summed E-state index contributed by atoms with van der Waals surface area (Å²) < 4.78 is 11.4. The first-order valence-electron chi connectivity index (χ1n) is 8.34. The Morgan fingerprint density at radius 1 is 1.04 bits per heavy atom. The van der Waals surface area contributed by atoms with Crippen LogP contribution >= 0.6 is 0 Å². The van der Waals surface area contributed by atoms with Crippen molar-refractivity contribution in [2.45, 2.75) is 19.9 Å². The summed E-state index contributed by atoms with van der Waals surface area (Å²) in [5.74, 6) is 2.32. The van der Waals surface area contributed by atoms with Gasteiger partial charge < -0.3 is 20.1 Å². The summed E-state index contributed by atoms with van der Waals surface area (Å²) in [6.07, 6.45) is 0.901. The van der Waals surface area contributed by atoms with E-state index in [0.29, 0.717) is 19.8 Å². The number of rotatable bonds is 4. The second-order valence-electron chi connectivity index (χ2n) is 5.52. The van der Waals surface area contributed by atoms with E-state index in [1.165, 1.54) is 5.56 Å². The number of benzene rings is 2. The van der Waals surface area contributed by atoms with E-state index in [-0.39, 0.29) is 0 Å². The van der Waals surface area contributed by atoms with Gasteiger partial charge in [0.25, 0.3) is 0 Å². The van der Waals surface area contributed by atoms with E-state index in [4.69, 9.17) is 9.47 Å². The Labute approximate surface area is 142 Å². The van der Waals surface area contributed by atoms with Crippen LogP contribution < -0.4 is 20.1 Å². The van der Waals surface area contributed by atoms with Crippen molar-refractivity contribution < 1.29 is 9.47 Å². The molecule has 1 heterocycles. The Balaban J connectivity index is 1.72. The number of fused-ring (bicyclic) bond motifs is 1. The topological polar surface area (TPSA) is 54.9 Å². The Hall–Kier alpha value is -2.69. The van der Waals surface area contributed by atoms with Crippen molar-refractivity contribution in [1.29, 1.82) is 0 Å². The molecule has 126 valence electrons. The lowest BCUT2D eigenvalue weighted by molar-refractivity contribution is 0.297. The molecule has 5 nitrogen and oxygen atoms in total. The molecule has 2 N–H and O–H groups in total. The molecule has 24 heavy (non-hydrogen) atoms. The zero-order valence-electron chi connectivity index (χ0n) is 13.9. The number of hydrogen-bond donors (Lipinski definition) is 2. The van der Waals surface area contributed by atoms with Gasteiger partial charge in [0.2, 0.25) is 0 Å². The van der Waals surface area contributed by atoms with Crippen LogP contribution in [0.5, 0.6) is 11.5 Å². The molecular weight excluding hydrogens is 302 g/mol. The lowest BCUT2D eigenvalue weighted by Crippen LogP contribution is -2.30. The third-order valence-corrected chi connectivity index (χ3v) is 3.62. The number of aliphatic imine (C=N–C) groups is 1. The van der Waals surface area contributed by atoms with Crippen LogP contribution in [0, 0.1) is 0 Å². The van der Waals surface area contributed by atoms with Gasteiger partial charge in [-0.05, 0) is 24.6 Å². The van der Waals surface area contributed by atoms with Crippen LogP contribution in [-0.4, -0.2) is 25.7 Å². The smallest absolute Gasteiger partial charge is 0.196 e. The number of guanidine groups is 1. The summed E-state index contributed by atoms with van der Waals surface area (Å²) in [5.41, 5.74) is 2.10. The van der Waals surface area contributed by atoms with Gasteiger partial charge in [0.05, 0.1) is 19.8 Å². The minimum atomic E-state index is 0.626. The highest BCUT2D eigenvalue weighted by Gasteiger charge is 2.11. The van der Waals surface area contributed by atoms with Crippen molar-refractivity contribution in [3.63, 3.8) is 0 Å². The number of nitrogens with zero attached hydrogens (tertiary/aromatic N) is 1. The molecule has 0 amide bonds. The molecule has 0 unspecified atom stereocenters. The van der Waals surface area contributed by atoms with Crippen molar-refractivity contribution in [2.24, 2.45) is 4.99 Å². The minimum Gasteiger partial charge on any atom is -0.490 e. The fourth-order valence-electron chi connectivity index (χ4n) is 2.44. The molecule has 0 bridgehead atoms. The molecule has 0 atom stereocenters. The Kier molecular flexibility index (Phi) is 5.56. The maximum absolute atomic E-state index is 5.73. The standard InChI is InChI=1S/C19H23N3O2/c1-2-20-19(21-14-15-7-4-3-5-8-15)22-16-9-10-17-18(13-16)24-12-6-11-23-17/h3-5,7-10,13H,2,6,11-12,14H2,1H3,(H2,20,21,22). The summed E-state index contributed by atoms with van der Waals surface area (Å²) in [5, 5.41) is 6.58. The predicted octanol–water partition coefficient (Wildman–Crippen LogP) is 3.43. The zero-order chi connectivity index (χ0) is 16.6. The first-order chi connectivity index (χ1) is 11.8. The SMILES string of the molecule is CCNC(=NCc1ccccc1)Nc1ccc2c(c1)OCCCO2. The van der Waals surface area contributed by atoms with Crippen molar-refractivity contribution in [3.8, 4) is 11.5 Å². The molecule has 1 aliphatic heterocycles. The van der Waals surface area contributed by atoms with E-state index >= 15 is 0 Å². The van der Waals surface area contributed by atoms with E-state index in [0.717, 1.165) is 36.1 Å². The molecular formula is C19H23N3O2. The normalized spacial score (nSPS) is 14.0. The summed E-state index contributed by atoms with van der Waals surface area (Å²) in [6, 6.07) is 16.1. The van der Waals surface area contributed by atoms with E-state index in [1.54, 1.807) is 0 Å². The molecule has 0 aromatic heterocycles. The van der Waals surface area contributed by atoms with Crippen molar-refractivity contribution in [2.75, 3.05) is 25.1 Å². The molecule has 3 rings (SSSR count). The highest BCUT2D eigenvalue weighted by atomic mass is 16.5. The highest BCUT2D eigenvalue weighted by molar-refractivity contribution is 5.93. The number of anilines is 1. The van der Waals surface area contributed by atoms with Crippen LogP contribution in [-0.2, 0) is 6.54 Å². The zero-order valence-corrected chi connectivity index (χ0v) is 13.9. The third kappa shape index (κ3) is 4.41. The average molecular weight is 325 g/mol. The van der Waals surface area contributed by atoms with E-state index < -0.39 is 0 Å². The summed E-state index contributed by atoms with van der Waals surface area (Å²) in [7, 11) is 0. The minimum absolute atomic E-state index is 0.626. The lowest BCUT2D eigenvalue weighted by atomic mass is 10.2. The molecule has 0 spiro atoms. The maximum Gasteiger partial charge on any atom is 0.196 e. The van der Waals surface area contributed by atoms with Crippen molar-refractivity contribution in [3.05, 3.63) is 54.1 Å².